The molecule has 0 saturated heterocycles. The predicted molar refractivity (Wildman–Crippen MR) is 83.0 cm³/mol. The van der Waals surface area contributed by atoms with Crippen LogP contribution in [0, 0.1) is 0 Å². The maximum Gasteiger partial charge on any atom is 0.412 e. The number of amides is 1. The van der Waals surface area contributed by atoms with Crippen molar-refractivity contribution in [2.24, 2.45) is 0 Å². The van der Waals surface area contributed by atoms with Crippen LogP contribution in [0.3, 0.4) is 0 Å². The predicted octanol–water partition coefficient (Wildman–Crippen LogP) is 1.33. The Morgan fingerprint density at radius 3 is 2.96 bits per heavy atom. The van der Waals surface area contributed by atoms with E-state index in [9.17, 15) is 9.59 Å². The monoisotopic (exact) mass is 314 g/mol. The molecule has 9 nitrogen and oxygen atoms in total. The highest BCUT2D eigenvalue weighted by atomic mass is 16.5. The first-order chi connectivity index (χ1) is 11.1. The van der Waals surface area contributed by atoms with Crippen LogP contribution in [0.4, 0.5) is 16.3 Å². The highest BCUT2D eigenvalue weighted by molar-refractivity contribution is 5.93. The number of hydrogen-bond donors (Lipinski definition) is 2. The van der Waals surface area contributed by atoms with E-state index in [0.717, 1.165) is 10.9 Å². The molecule has 0 aliphatic carbocycles. The molecule has 3 aromatic rings. The molecule has 0 radical (unpaired) electrons. The smallest absolute Gasteiger partial charge is 0.412 e. The Hall–Kier alpha value is -3.36. The molecule has 0 aliphatic rings. The van der Waals surface area contributed by atoms with Gasteiger partial charge in [-0.2, -0.15) is 9.90 Å². The number of carbonyl (C=O) groups is 2. The van der Waals surface area contributed by atoms with Gasteiger partial charge in [0.1, 0.15) is 6.54 Å². The van der Waals surface area contributed by atoms with Crippen LogP contribution in [0.15, 0.2) is 36.7 Å². The van der Waals surface area contributed by atoms with Crippen LogP contribution in [-0.4, -0.2) is 38.7 Å². The second-order valence-corrected chi connectivity index (χ2v) is 4.77. The van der Waals surface area contributed by atoms with Gasteiger partial charge in [-0.1, -0.05) is 0 Å². The molecule has 0 spiro atoms. The molecule has 118 valence electrons. The van der Waals surface area contributed by atoms with Gasteiger partial charge in [0.2, 0.25) is 0 Å². The van der Waals surface area contributed by atoms with Crippen LogP contribution < -0.4 is 11.1 Å². The van der Waals surface area contributed by atoms with E-state index in [2.05, 4.69) is 20.3 Å². The largest absolute Gasteiger partial charge is 0.453 e. The lowest BCUT2D eigenvalue weighted by atomic mass is 10.2. The normalized spacial score (nSPS) is 10.7. The molecule has 1 amide bonds. The Labute approximate surface area is 130 Å². The number of nitrogens with two attached hydrogens (primary N) is 1. The minimum Gasteiger partial charge on any atom is -0.453 e. The van der Waals surface area contributed by atoms with Crippen molar-refractivity contribution in [3.8, 4) is 0 Å². The number of nitrogens with zero attached hydrogens (tertiary/aromatic N) is 4. The summed E-state index contributed by atoms with van der Waals surface area (Å²) in [5, 5.41) is 11.2. The van der Waals surface area contributed by atoms with E-state index in [4.69, 9.17) is 5.73 Å². The Bertz CT molecular complexity index is 882. The van der Waals surface area contributed by atoms with Gasteiger partial charge in [0.15, 0.2) is 5.82 Å². The van der Waals surface area contributed by atoms with Gasteiger partial charge in [0.05, 0.1) is 18.8 Å². The number of carbonyl (C=O) groups excluding carboxylic acids is 2. The van der Waals surface area contributed by atoms with Crippen LogP contribution in [0.2, 0.25) is 0 Å². The van der Waals surface area contributed by atoms with Gasteiger partial charge in [0, 0.05) is 17.3 Å². The lowest BCUT2D eigenvalue weighted by Crippen LogP contribution is -2.19. The standard InChI is InChI=1S/C14H14N6O3/c1-23-14(22)17-12-7-16-20(18-12)8-13(21)19-5-4-9-6-10(15)2-3-11(9)19/h2-7H,8,15H2,1H3,(H,17,18,22). The van der Waals surface area contributed by atoms with Gasteiger partial charge in [-0.05, 0) is 24.3 Å². The van der Waals surface area contributed by atoms with Crippen molar-refractivity contribution in [2.45, 2.75) is 6.54 Å². The van der Waals surface area contributed by atoms with E-state index < -0.39 is 6.09 Å². The Kier molecular flexibility index (Phi) is 3.67. The zero-order valence-electron chi connectivity index (χ0n) is 12.3. The number of aromatic nitrogens is 4. The number of methoxy groups -OCH3 is 1. The van der Waals surface area contributed by atoms with E-state index in [1.807, 2.05) is 6.07 Å². The van der Waals surface area contributed by atoms with Crippen molar-refractivity contribution in [3.05, 3.63) is 36.7 Å². The molecule has 1 aromatic carbocycles. The molecule has 0 fully saturated rings. The molecule has 0 aliphatic heterocycles. The fourth-order valence-electron chi connectivity index (χ4n) is 2.16. The molecular weight excluding hydrogens is 300 g/mol. The third-order valence-electron chi connectivity index (χ3n) is 3.21. The van der Waals surface area contributed by atoms with E-state index in [1.165, 1.54) is 22.7 Å². The molecule has 23 heavy (non-hydrogen) atoms. The van der Waals surface area contributed by atoms with Gasteiger partial charge in [-0.15, -0.1) is 5.10 Å². The van der Waals surface area contributed by atoms with Crippen LogP contribution >= 0.6 is 0 Å². The quantitative estimate of drug-likeness (QED) is 0.704. The summed E-state index contributed by atoms with van der Waals surface area (Å²) >= 11 is 0. The fraction of sp³-hybridized carbons (Fsp3) is 0.143. The van der Waals surface area contributed by atoms with Crippen molar-refractivity contribution in [2.75, 3.05) is 18.2 Å². The molecule has 0 unspecified atom stereocenters. The zero-order valence-corrected chi connectivity index (χ0v) is 12.3. The van der Waals surface area contributed by atoms with E-state index in [-0.39, 0.29) is 18.3 Å². The summed E-state index contributed by atoms with van der Waals surface area (Å²) in [7, 11) is 1.24. The minimum absolute atomic E-state index is 0.0724. The molecule has 2 heterocycles. The number of fused-ring (bicyclic) bond motifs is 1. The second-order valence-electron chi connectivity index (χ2n) is 4.77. The summed E-state index contributed by atoms with van der Waals surface area (Å²) in [4.78, 5) is 24.7. The van der Waals surface area contributed by atoms with Crippen LogP contribution in [-0.2, 0) is 11.3 Å². The zero-order chi connectivity index (χ0) is 16.4. The third-order valence-corrected chi connectivity index (χ3v) is 3.21. The van der Waals surface area contributed by atoms with Crippen molar-refractivity contribution in [1.82, 2.24) is 19.6 Å². The molecule has 3 N–H and O–H groups in total. The average molecular weight is 314 g/mol. The van der Waals surface area contributed by atoms with E-state index in [1.54, 1.807) is 24.4 Å². The maximum absolute atomic E-state index is 12.4. The highest BCUT2D eigenvalue weighted by Gasteiger charge is 2.12. The average Bonchev–Trinajstić information content (AvgIpc) is 3.13. The van der Waals surface area contributed by atoms with Gasteiger partial charge in [0.25, 0.3) is 5.91 Å². The first-order valence-electron chi connectivity index (χ1n) is 6.72. The van der Waals surface area contributed by atoms with Crippen molar-refractivity contribution < 1.29 is 14.3 Å². The van der Waals surface area contributed by atoms with Gasteiger partial charge >= 0.3 is 6.09 Å². The molecule has 9 heteroatoms. The molecule has 0 atom stereocenters. The summed E-state index contributed by atoms with van der Waals surface area (Å²) in [6.07, 6.45) is 2.35. The first kappa shape index (κ1) is 14.6. The summed E-state index contributed by atoms with van der Waals surface area (Å²) < 4.78 is 5.96. The molecule has 0 saturated carbocycles. The number of anilines is 2. The molecule has 2 aromatic heterocycles. The number of nitrogen functional groups attached to an aromatic ring is 1. The number of benzene rings is 1. The van der Waals surface area contributed by atoms with Gasteiger partial charge in [-0.3, -0.25) is 14.7 Å². The maximum atomic E-state index is 12.4. The Balaban J connectivity index is 1.77. The summed E-state index contributed by atoms with van der Waals surface area (Å²) in [6, 6.07) is 7.12. The topological polar surface area (TPSA) is 117 Å². The number of ether oxygens (including phenoxy) is 1. The fourth-order valence-corrected chi connectivity index (χ4v) is 2.16. The van der Waals surface area contributed by atoms with E-state index >= 15 is 0 Å². The molecular formula is C14H14N6O3. The van der Waals surface area contributed by atoms with Gasteiger partial charge in [-0.25, -0.2) is 4.79 Å². The Morgan fingerprint density at radius 2 is 2.17 bits per heavy atom. The van der Waals surface area contributed by atoms with E-state index in [0.29, 0.717) is 5.69 Å². The first-order valence-corrected chi connectivity index (χ1v) is 6.72. The minimum atomic E-state index is -0.655. The second kappa shape index (κ2) is 5.79. The number of nitrogens with one attached hydrogen (secondary N) is 1. The Morgan fingerprint density at radius 1 is 1.35 bits per heavy atom. The van der Waals surface area contributed by atoms with Gasteiger partial charge < -0.3 is 10.5 Å². The van der Waals surface area contributed by atoms with Crippen LogP contribution in [0.1, 0.15) is 4.79 Å². The summed E-state index contributed by atoms with van der Waals surface area (Å²) in [5.41, 5.74) is 7.11. The third kappa shape index (κ3) is 2.98. The lowest BCUT2D eigenvalue weighted by Gasteiger charge is -2.04. The van der Waals surface area contributed by atoms with Crippen molar-refractivity contribution >= 4 is 34.4 Å². The highest BCUT2D eigenvalue weighted by Crippen LogP contribution is 2.18. The van der Waals surface area contributed by atoms with Crippen LogP contribution in [0.25, 0.3) is 10.9 Å². The molecule has 0 bridgehead atoms. The SMILES string of the molecule is COC(=O)Nc1cnn(CC(=O)n2ccc3cc(N)ccc32)n1. The molecule has 3 rings (SSSR count). The number of hydrogen-bond acceptors (Lipinski definition) is 6. The van der Waals surface area contributed by atoms with Crippen LogP contribution in [0.5, 0.6) is 0 Å². The number of rotatable bonds is 3. The van der Waals surface area contributed by atoms with Crippen molar-refractivity contribution in [1.29, 1.82) is 0 Å². The van der Waals surface area contributed by atoms with Crippen molar-refractivity contribution in [3.63, 3.8) is 0 Å². The summed E-state index contributed by atoms with van der Waals surface area (Å²) in [6.45, 7) is -0.0724. The lowest BCUT2D eigenvalue weighted by molar-refractivity contribution is 0.0886. The summed E-state index contributed by atoms with van der Waals surface area (Å²) in [5.74, 6) is -0.0141.